The molecule has 1 aliphatic rings. The zero-order valence-electron chi connectivity index (χ0n) is 11.0. The molecule has 1 fully saturated rings. The quantitative estimate of drug-likeness (QED) is 0.867. The van der Waals surface area contributed by atoms with Gasteiger partial charge < -0.3 is 5.32 Å². The monoisotopic (exact) mass is 328 g/mol. The van der Waals surface area contributed by atoms with Crippen LogP contribution in [0.4, 0.5) is 5.69 Å². The van der Waals surface area contributed by atoms with E-state index in [0.29, 0.717) is 20.8 Å². The molecule has 7 heteroatoms. The average molecular weight is 329 g/mol. The standard InChI is InChI=1S/C13H13ClN2O2S2/c1-7-3-8(2)12(9(14)4-7)15-10(17)5-16-11(18)6-20-13(16)19/h3-4H,5-6H2,1-2H3,(H,15,17). The maximum atomic E-state index is 12.0. The number of nitrogens with one attached hydrogen (secondary N) is 1. The summed E-state index contributed by atoms with van der Waals surface area (Å²) in [5.74, 6) is -0.143. The molecule has 1 aromatic carbocycles. The minimum absolute atomic E-state index is 0.0751. The number of carbonyl (C=O) groups is 2. The van der Waals surface area contributed by atoms with Gasteiger partial charge >= 0.3 is 0 Å². The maximum Gasteiger partial charge on any atom is 0.244 e. The lowest BCUT2D eigenvalue weighted by molar-refractivity contribution is -0.127. The van der Waals surface area contributed by atoms with Gasteiger partial charge in [0.05, 0.1) is 16.5 Å². The number of hydrogen-bond donors (Lipinski definition) is 1. The highest BCUT2D eigenvalue weighted by atomic mass is 35.5. The lowest BCUT2D eigenvalue weighted by atomic mass is 10.1. The fraction of sp³-hybridized carbons (Fsp3) is 0.308. The molecule has 20 heavy (non-hydrogen) atoms. The number of benzene rings is 1. The number of halogens is 1. The molecule has 0 spiro atoms. The summed E-state index contributed by atoms with van der Waals surface area (Å²) in [7, 11) is 0. The highest BCUT2D eigenvalue weighted by Crippen LogP contribution is 2.27. The van der Waals surface area contributed by atoms with Gasteiger partial charge in [-0.15, -0.1) is 0 Å². The van der Waals surface area contributed by atoms with Crippen LogP contribution in [-0.4, -0.2) is 33.3 Å². The predicted molar refractivity (Wildman–Crippen MR) is 86.3 cm³/mol. The fourth-order valence-electron chi connectivity index (χ4n) is 1.93. The number of hydrogen-bond acceptors (Lipinski definition) is 4. The second-order valence-electron chi connectivity index (χ2n) is 4.52. The van der Waals surface area contributed by atoms with Gasteiger partial charge in [-0.05, 0) is 31.0 Å². The van der Waals surface area contributed by atoms with Crippen molar-refractivity contribution in [3.63, 3.8) is 0 Å². The van der Waals surface area contributed by atoms with Crippen LogP contribution < -0.4 is 5.32 Å². The van der Waals surface area contributed by atoms with Gasteiger partial charge in [-0.25, -0.2) is 0 Å². The van der Waals surface area contributed by atoms with Crippen molar-refractivity contribution in [3.05, 3.63) is 28.3 Å². The van der Waals surface area contributed by atoms with Gasteiger partial charge in [-0.1, -0.05) is 41.6 Å². The number of amides is 2. The minimum atomic E-state index is -0.308. The molecular weight excluding hydrogens is 316 g/mol. The smallest absolute Gasteiger partial charge is 0.244 e. The summed E-state index contributed by atoms with van der Waals surface area (Å²) in [6.45, 7) is 3.73. The molecule has 0 atom stereocenters. The van der Waals surface area contributed by atoms with E-state index >= 15 is 0 Å². The molecule has 1 aromatic rings. The van der Waals surface area contributed by atoms with Gasteiger partial charge in [0.2, 0.25) is 11.8 Å². The Morgan fingerprint density at radius 1 is 1.50 bits per heavy atom. The van der Waals surface area contributed by atoms with Crippen LogP contribution in [0.25, 0.3) is 0 Å². The van der Waals surface area contributed by atoms with Crippen molar-refractivity contribution in [2.45, 2.75) is 13.8 Å². The first-order chi connectivity index (χ1) is 9.38. The Hall–Kier alpha value is -1.11. The third kappa shape index (κ3) is 3.31. The number of thiocarbonyl (C=S) groups is 1. The summed E-state index contributed by atoms with van der Waals surface area (Å²) in [4.78, 5) is 24.9. The van der Waals surface area contributed by atoms with Crippen LogP contribution in [0.3, 0.4) is 0 Å². The van der Waals surface area contributed by atoms with E-state index in [1.54, 1.807) is 6.07 Å². The first-order valence-corrected chi connectivity index (χ1v) is 7.69. The van der Waals surface area contributed by atoms with Crippen molar-refractivity contribution >= 4 is 57.4 Å². The van der Waals surface area contributed by atoms with Crippen molar-refractivity contribution in [3.8, 4) is 0 Å². The summed E-state index contributed by atoms with van der Waals surface area (Å²) in [5, 5.41) is 3.23. The van der Waals surface area contributed by atoms with E-state index in [4.69, 9.17) is 23.8 Å². The van der Waals surface area contributed by atoms with Gasteiger partial charge in [0.1, 0.15) is 10.9 Å². The molecule has 0 aromatic heterocycles. The van der Waals surface area contributed by atoms with Gasteiger partial charge in [-0.3, -0.25) is 14.5 Å². The van der Waals surface area contributed by atoms with E-state index in [-0.39, 0.29) is 18.4 Å². The zero-order valence-corrected chi connectivity index (χ0v) is 13.4. The molecule has 0 radical (unpaired) electrons. The van der Waals surface area contributed by atoms with Gasteiger partial charge in [0.15, 0.2) is 0 Å². The van der Waals surface area contributed by atoms with Crippen molar-refractivity contribution < 1.29 is 9.59 Å². The van der Waals surface area contributed by atoms with Crippen LogP contribution in [0, 0.1) is 13.8 Å². The van der Waals surface area contributed by atoms with E-state index < -0.39 is 0 Å². The third-order valence-corrected chi connectivity index (χ3v) is 4.57. The van der Waals surface area contributed by atoms with Gasteiger partial charge in [-0.2, -0.15) is 0 Å². The zero-order chi connectivity index (χ0) is 14.9. The molecular formula is C13H13ClN2O2S2. The molecule has 106 valence electrons. The molecule has 2 rings (SSSR count). The summed E-state index contributed by atoms with van der Waals surface area (Å²) >= 11 is 12.4. The largest absolute Gasteiger partial charge is 0.323 e. The van der Waals surface area contributed by atoms with Gasteiger partial charge in [0.25, 0.3) is 0 Å². The van der Waals surface area contributed by atoms with E-state index in [1.807, 2.05) is 19.9 Å². The molecule has 1 heterocycles. The Balaban J connectivity index is 2.09. The summed E-state index contributed by atoms with van der Waals surface area (Å²) in [5.41, 5.74) is 2.48. The normalized spacial score (nSPS) is 14.8. The van der Waals surface area contributed by atoms with Crippen molar-refractivity contribution in [1.82, 2.24) is 4.90 Å². The first-order valence-electron chi connectivity index (χ1n) is 5.92. The van der Waals surface area contributed by atoms with Crippen LogP contribution in [0.15, 0.2) is 12.1 Å². The summed E-state index contributed by atoms with van der Waals surface area (Å²) in [6, 6.07) is 3.72. The van der Waals surface area contributed by atoms with Crippen LogP contribution in [0.5, 0.6) is 0 Å². The molecule has 0 aliphatic carbocycles. The van der Waals surface area contributed by atoms with Crippen LogP contribution in [0.1, 0.15) is 11.1 Å². The van der Waals surface area contributed by atoms with Gasteiger partial charge in [0, 0.05) is 0 Å². The van der Waals surface area contributed by atoms with E-state index in [1.165, 1.54) is 16.7 Å². The number of rotatable bonds is 3. The molecule has 0 unspecified atom stereocenters. The Morgan fingerprint density at radius 2 is 2.20 bits per heavy atom. The Morgan fingerprint density at radius 3 is 2.75 bits per heavy atom. The molecule has 1 N–H and O–H groups in total. The number of aryl methyl sites for hydroxylation is 2. The van der Waals surface area contributed by atoms with Crippen LogP contribution >= 0.6 is 35.6 Å². The third-order valence-electron chi connectivity index (χ3n) is 2.84. The summed E-state index contributed by atoms with van der Waals surface area (Å²) in [6.07, 6.45) is 0. The second kappa shape index (κ2) is 6.11. The fourth-order valence-corrected chi connectivity index (χ4v) is 3.37. The molecule has 1 aliphatic heterocycles. The first kappa shape index (κ1) is 15.3. The maximum absolute atomic E-state index is 12.0. The summed E-state index contributed by atoms with van der Waals surface area (Å²) < 4.78 is 0.442. The lowest BCUT2D eigenvalue weighted by Crippen LogP contribution is -2.36. The average Bonchev–Trinajstić information content (AvgIpc) is 2.65. The molecule has 1 saturated heterocycles. The predicted octanol–water partition coefficient (Wildman–Crippen LogP) is 2.76. The molecule has 0 saturated carbocycles. The number of nitrogens with zero attached hydrogens (tertiary/aromatic N) is 1. The van der Waals surface area contributed by atoms with E-state index in [0.717, 1.165) is 11.1 Å². The molecule has 2 amide bonds. The molecule has 0 bridgehead atoms. The number of anilines is 1. The van der Waals surface area contributed by atoms with E-state index in [9.17, 15) is 9.59 Å². The molecule has 4 nitrogen and oxygen atoms in total. The highest BCUT2D eigenvalue weighted by molar-refractivity contribution is 8.23. The van der Waals surface area contributed by atoms with Crippen molar-refractivity contribution in [2.75, 3.05) is 17.6 Å². The van der Waals surface area contributed by atoms with Crippen molar-refractivity contribution in [1.29, 1.82) is 0 Å². The second-order valence-corrected chi connectivity index (χ2v) is 6.54. The van der Waals surface area contributed by atoms with Crippen molar-refractivity contribution in [2.24, 2.45) is 0 Å². The Labute approximate surface area is 131 Å². The van der Waals surface area contributed by atoms with Crippen LogP contribution in [0.2, 0.25) is 5.02 Å². The Kier molecular flexibility index (Phi) is 4.67. The lowest BCUT2D eigenvalue weighted by Gasteiger charge is -2.16. The highest BCUT2D eigenvalue weighted by Gasteiger charge is 2.28. The Bertz CT molecular complexity index is 565. The minimum Gasteiger partial charge on any atom is -0.323 e. The number of carbonyl (C=O) groups excluding carboxylic acids is 2. The SMILES string of the molecule is Cc1cc(C)c(NC(=O)CN2C(=O)CSC2=S)c(Cl)c1. The van der Waals surface area contributed by atoms with E-state index in [2.05, 4.69) is 5.32 Å². The number of thioether (sulfide) groups is 1. The van der Waals surface area contributed by atoms with Crippen LogP contribution in [-0.2, 0) is 9.59 Å². The topological polar surface area (TPSA) is 49.4 Å².